The van der Waals surface area contributed by atoms with E-state index < -0.39 is 0 Å². The van der Waals surface area contributed by atoms with Crippen LogP contribution in [0.1, 0.15) is 36.3 Å². The summed E-state index contributed by atoms with van der Waals surface area (Å²) in [6.45, 7) is 4.43. The third kappa shape index (κ3) is 4.01. The van der Waals surface area contributed by atoms with Crippen molar-refractivity contribution in [2.45, 2.75) is 44.6 Å². The first-order valence-corrected chi connectivity index (χ1v) is 11.2. The van der Waals surface area contributed by atoms with Crippen LogP contribution in [0.2, 0.25) is 0 Å². The lowest BCUT2D eigenvalue weighted by atomic mass is 9.89. The van der Waals surface area contributed by atoms with Gasteiger partial charge in [0.15, 0.2) is 0 Å². The fourth-order valence-corrected chi connectivity index (χ4v) is 5.75. The second kappa shape index (κ2) is 7.98. The fourth-order valence-electron chi connectivity index (χ4n) is 3.51. The van der Waals surface area contributed by atoms with Crippen molar-refractivity contribution in [1.29, 1.82) is 0 Å². The van der Waals surface area contributed by atoms with Crippen LogP contribution in [0.3, 0.4) is 0 Å². The highest BCUT2D eigenvalue weighted by molar-refractivity contribution is 8.00. The molecule has 0 saturated heterocycles. The number of aromatic nitrogens is 2. The second-order valence-electron chi connectivity index (χ2n) is 7.10. The number of hydrogen-bond donors (Lipinski definition) is 1. The highest BCUT2D eigenvalue weighted by Crippen LogP contribution is 2.40. The molecule has 0 fully saturated rings. The number of thiophene rings is 1. The van der Waals surface area contributed by atoms with Gasteiger partial charge < -0.3 is 5.32 Å². The average molecular weight is 398 g/mol. The minimum absolute atomic E-state index is 0.00581. The number of nitrogens with zero attached hydrogens (tertiary/aromatic N) is 2. The fraction of sp³-hybridized carbons (Fsp3) is 0.381. The van der Waals surface area contributed by atoms with Gasteiger partial charge in [-0.2, -0.15) is 0 Å². The van der Waals surface area contributed by atoms with Gasteiger partial charge in [0.2, 0.25) is 5.91 Å². The molecule has 1 atom stereocenters. The molecule has 0 saturated carbocycles. The number of benzene rings is 1. The van der Waals surface area contributed by atoms with E-state index in [0.717, 1.165) is 40.7 Å². The van der Waals surface area contributed by atoms with Crippen LogP contribution in [-0.2, 0) is 24.1 Å². The van der Waals surface area contributed by atoms with Crippen LogP contribution in [0.15, 0.2) is 35.6 Å². The van der Waals surface area contributed by atoms with E-state index in [2.05, 4.69) is 41.3 Å². The average Bonchev–Trinajstić information content (AvgIpc) is 3.05. The molecule has 27 heavy (non-hydrogen) atoms. The molecule has 140 valence electrons. The maximum absolute atomic E-state index is 12.4. The Labute approximate surface area is 167 Å². The number of fused-ring (bicyclic) bond motifs is 3. The molecule has 1 unspecified atom stereocenters. The summed E-state index contributed by atoms with van der Waals surface area (Å²) in [5.74, 6) is 1.08. The Bertz CT molecular complexity index is 965. The molecule has 4 nitrogen and oxygen atoms in total. The van der Waals surface area contributed by atoms with Crippen molar-refractivity contribution in [3.05, 3.63) is 46.6 Å². The van der Waals surface area contributed by atoms with Crippen molar-refractivity contribution in [3.8, 4) is 0 Å². The van der Waals surface area contributed by atoms with Gasteiger partial charge in [0.25, 0.3) is 0 Å². The molecular formula is C21H23N3OS2. The zero-order valence-electron chi connectivity index (χ0n) is 15.6. The van der Waals surface area contributed by atoms with Gasteiger partial charge in [0.1, 0.15) is 16.2 Å². The summed E-state index contributed by atoms with van der Waals surface area (Å²) >= 11 is 3.30. The molecule has 0 radical (unpaired) electrons. The van der Waals surface area contributed by atoms with Crippen molar-refractivity contribution >= 4 is 44.9 Å². The van der Waals surface area contributed by atoms with Crippen LogP contribution >= 0.6 is 23.1 Å². The zero-order valence-corrected chi connectivity index (χ0v) is 17.3. The largest absolute Gasteiger partial charge is 0.325 e. The lowest BCUT2D eigenvalue weighted by Crippen LogP contribution is -2.14. The van der Waals surface area contributed by atoms with Gasteiger partial charge in [-0.05, 0) is 54.9 Å². The lowest BCUT2D eigenvalue weighted by Gasteiger charge is -2.18. The molecular weight excluding hydrogens is 374 g/mol. The Kier molecular flexibility index (Phi) is 5.45. The minimum Gasteiger partial charge on any atom is -0.325 e. The molecule has 6 heteroatoms. The zero-order chi connectivity index (χ0) is 18.8. The molecule has 1 aromatic carbocycles. The summed E-state index contributed by atoms with van der Waals surface area (Å²) in [4.78, 5) is 23.8. The summed E-state index contributed by atoms with van der Waals surface area (Å²) in [5, 5.41) is 5.08. The van der Waals surface area contributed by atoms with Crippen LogP contribution in [0, 0.1) is 5.92 Å². The molecule has 3 aromatic rings. The number of carbonyl (C=O) groups is 1. The molecule has 1 aliphatic carbocycles. The van der Waals surface area contributed by atoms with Crippen molar-refractivity contribution in [3.63, 3.8) is 0 Å². The van der Waals surface area contributed by atoms with E-state index in [1.807, 2.05) is 12.1 Å². The minimum atomic E-state index is -0.00581. The summed E-state index contributed by atoms with van der Waals surface area (Å²) in [6, 6.07) is 8.02. The number of carbonyl (C=O) groups excluding carboxylic acids is 1. The number of anilines is 1. The molecule has 2 heterocycles. The summed E-state index contributed by atoms with van der Waals surface area (Å²) in [6.07, 6.45) is 6.06. The predicted molar refractivity (Wildman–Crippen MR) is 114 cm³/mol. The number of nitrogens with one attached hydrogen (secondary N) is 1. The Hall–Kier alpha value is -1.92. The van der Waals surface area contributed by atoms with Crippen LogP contribution in [0.25, 0.3) is 10.2 Å². The van der Waals surface area contributed by atoms with Gasteiger partial charge in [0.05, 0.1) is 5.75 Å². The van der Waals surface area contributed by atoms with Gasteiger partial charge in [-0.3, -0.25) is 4.79 Å². The van der Waals surface area contributed by atoms with E-state index in [1.54, 1.807) is 17.7 Å². The third-order valence-electron chi connectivity index (χ3n) is 5.04. The van der Waals surface area contributed by atoms with E-state index >= 15 is 0 Å². The predicted octanol–water partition coefficient (Wildman–Crippen LogP) is 5.11. The molecule has 1 aliphatic rings. The highest BCUT2D eigenvalue weighted by atomic mass is 32.2. The van der Waals surface area contributed by atoms with Gasteiger partial charge in [-0.15, -0.1) is 11.3 Å². The molecule has 0 spiro atoms. The second-order valence-corrected chi connectivity index (χ2v) is 9.15. The quantitative estimate of drug-likeness (QED) is 0.480. The molecule has 0 aliphatic heterocycles. The first-order valence-electron chi connectivity index (χ1n) is 9.41. The summed E-state index contributed by atoms with van der Waals surface area (Å²) < 4.78 is 0. The van der Waals surface area contributed by atoms with E-state index in [-0.39, 0.29) is 5.91 Å². The Balaban J connectivity index is 1.47. The van der Waals surface area contributed by atoms with Crippen molar-refractivity contribution in [2.24, 2.45) is 5.92 Å². The number of amides is 1. The maximum Gasteiger partial charge on any atom is 0.234 e. The maximum atomic E-state index is 12.4. The number of thioether (sulfide) groups is 1. The number of rotatable bonds is 5. The Morgan fingerprint density at radius 2 is 2.11 bits per heavy atom. The van der Waals surface area contributed by atoms with Crippen LogP contribution in [-0.4, -0.2) is 21.6 Å². The normalized spacial score (nSPS) is 16.3. The first kappa shape index (κ1) is 18.4. The van der Waals surface area contributed by atoms with E-state index in [9.17, 15) is 4.79 Å². The SMILES string of the molecule is CCc1ccc(NC(=O)CSc2ncnc3sc4c(c23)CCC(C)C4)cc1. The van der Waals surface area contributed by atoms with Gasteiger partial charge in [-0.1, -0.05) is 37.7 Å². The van der Waals surface area contributed by atoms with Gasteiger partial charge in [0, 0.05) is 16.0 Å². The molecule has 0 bridgehead atoms. The van der Waals surface area contributed by atoms with Crippen LogP contribution in [0.5, 0.6) is 0 Å². The molecule has 1 amide bonds. The number of aryl methyl sites for hydroxylation is 2. The first-order chi connectivity index (χ1) is 13.1. The van der Waals surface area contributed by atoms with Crippen molar-refractivity contribution in [1.82, 2.24) is 9.97 Å². The topological polar surface area (TPSA) is 54.9 Å². The van der Waals surface area contributed by atoms with E-state index in [4.69, 9.17) is 0 Å². The Morgan fingerprint density at radius 1 is 1.30 bits per heavy atom. The molecule has 4 rings (SSSR count). The molecule has 1 N–H and O–H groups in total. The Morgan fingerprint density at radius 3 is 2.89 bits per heavy atom. The highest BCUT2D eigenvalue weighted by Gasteiger charge is 2.23. The third-order valence-corrected chi connectivity index (χ3v) is 7.19. The van der Waals surface area contributed by atoms with E-state index in [0.29, 0.717) is 5.75 Å². The van der Waals surface area contributed by atoms with Crippen LogP contribution in [0.4, 0.5) is 5.69 Å². The van der Waals surface area contributed by atoms with Gasteiger partial charge in [-0.25, -0.2) is 9.97 Å². The number of hydrogen-bond acceptors (Lipinski definition) is 5. The lowest BCUT2D eigenvalue weighted by molar-refractivity contribution is -0.113. The summed E-state index contributed by atoms with van der Waals surface area (Å²) in [7, 11) is 0. The summed E-state index contributed by atoms with van der Waals surface area (Å²) in [5.41, 5.74) is 3.52. The standard InChI is InChI=1S/C21H23N3OS2/c1-3-14-5-7-15(8-6-14)24-18(25)11-26-20-19-16-9-4-13(2)10-17(16)27-21(19)23-12-22-20/h5-8,12-13H,3-4,9-11H2,1-2H3,(H,24,25). The monoisotopic (exact) mass is 397 g/mol. The van der Waals surface area contributed by atoms with E-state index in [1.165, 1.54) is 39.6 Å². The smallest absolute Gasteiger partial charge is 0.234 e. The van der Waals surface area contributed by atoms with Crippen LogP contribution < -0.4 is 5.32 Å². The van der Waals surface area contributed by atoms with Crippen molar-refractivity contribution in [2.75, 3.05) is 11.1 Å². The molecule has 2 aromatic heterocycles. The van der Waals surface area contributed by atoms with Gasteiger partial charge >= 0.3 is 0 Å². The van der Waals surface area contributed by atoms with Crippen molar-refractivity contribution < 1.29 is 4.79 Å².